The van der Waals surface area contributed by atoms with Gasteiger partial charge in [-0.2, -0.15) is 0 Å². The Labute approximate surface area is 105 Å². The fourth-order valence-electron chi connectivity index (χ4n) is 3.25. The van der Waals surface area contributed by atoms with Gasteiger partial charge in [-0.25, -0.2) is 0 Å². The Balaban J connectivity index is 2.16. The Kier molecular flexibility index (Phi) is 3.58. The molecule has 0 radical (unpaired) electrons. The smallest absolute Gasteiger partial charge is 0.0223 e. The molecule has 0 aliphatic heterocycles. The summed E-state index contributed by atoms with van der Waals surface area (Å²) in [5.41, 5.74) is 9.41. The normalized spacial score (nSPS) is 33.6. The summed E-state index contributed by atoms with van der Waals surface area (Å²) in [4.78, 5) is 0. The lowest BCUT2D eigenvalue weighted by atomic mass is 9.66. The molecule has 2 rings (SSSR count). The molecule has 0 heterocycles. The molecule has 3 unspecified atom stereocenters. The van der Waals surface area contributed by atoms with E-state index in [1.807, 2.05) is 0 Å². The van der Waals surface area contributed by atoms with E-state index in [1.165, 1.54) is 30.4 Å². The fourth-order valence-corrected chi connectivity index (χ4v) is 3.25. The Morgan fingerprint density at radius 1 is 1.35 bits per heavy atom. The highest BCUT2D eigenvalue weighted by Gasteiger charge is 2.37. The molecule has 17 heavy (non-hydrogen) atoms. The molecule has 1 nitrogen and oxygen atoms in total. The molecular weight excluding hydrogens is 206 g/mol. The average molecular weight is 231 g/mol. The molecule has 1 aromatic rings. The van der Waals surface area contributed by atoms with E-state index in [2.05, 4.69) is 45.0 Å². The maximum Gasteiger partial charge on any atom is 0.0223 e. The van der Waals surface area contributed by atoms with Crippen LogP contribution in [0.5, 0.6) is 0 Å². The molecule has 1 aliphatic carbocycles. The lowest BCUT2D eigenvalue weighted by molar-refractivity contribution is 0.143. The Morgan fingerprint density at radius 2 is 2.12 bits per heavy atom. The van der Waals surface area contributed by atoms with E-state index in [1.54, 1.807) is 0 Å². The molecule has 1 heteroatoms. The summed E-state index contributed by atoms with van der Waals surface area (Å²) in [6.07, 6.45) is 4.83. The van der Waals surface area contributed by atoms with Gasteiger partial charge in [-0.15, -0.1) is 0 Å². The zero-order valence-electron chi connectivity index (χ0n) is 11.4. The lowest BCUT2D eigenvalue weighted by Crippen LogP contribution is -2.52. The monoisotopic (exact) mass is 231 g/mol. The average Bonchev–Trinajstić information content (AvgIpc) is 2.26. The van der Waals surface area contributed by atoms with Crippen LogP contribution in [0.1, 0.15) is 44.2 Å². The van der Waals surface area contributed by atoms with Crippen LogP contribution in [0, 0.1) is 18.8 Å². The minimum atomic E-state index is 0.00542. The van der Waals surface area contributed by atoms with Crippen molar-refractivity contribution in [2.45, 2.75) is 52.0 Å². The Morgan fingerprint density at radius 3 is 2.82 bits per heavy atom. The van der Waals surface area contributed by atoms with Crippen molar-refractivity contribution in [1.29, 1.82) is 0 Å². The molecular formula is C16H25N. The van der Waals surface area contributed by atoms with Crippen molar-refractivity contribution in [3.05, 3.63) is 35.4 Å². The lowest BCUT2D eigenvalue weighted by Gasteiger charge is -2.43. The van der Waals surface area contributed by atoms with E-state index in [-0.39, 0.29) is 5.54 Å². The van der Waals surface area contributed by atoms with Gasteiger partial charge in [-0.3, -0.25) is 0 Å². The number of rotatable bonds is 2. The van der Waals surface area contributed by atoms with Gasteiger partial charge in [0.25, 0.3) is 0 Å². The van der Waals surface area contributed by atoms with Gasteiger partial charge >= 0.3 is 0 Å². The van der Waals surface area contributed by atoms with Crippen LogP contribution >= 0.6 is 0 Å². The zero-order valence-corrected chi connectivity index (χ0v) is 11.4. The summed E-state index contributed by atoms with van der Waals surface area (Å²) in [5, 5.41) is 0. The quantitative estimate of drug-likeness (QED) is 0.825. The van der Waals surface area contributed by atoms with Crippen LogP contribution in [0.2, 0.25) is 0 Å². The topological polar surface area (TPSA) is 26.0 Å². The van der Waals surface area contributed by atoms with Gasteiger partial charge in [0, 0.05) is 5.54 Å². The van der Waals surface area contributed by atoms with Gasteiger partial charge in [-0.05, 0) is 37.2 Å². The molecule has 1 aromatic carbocycles. The Hall–Kier alpha value is -0.820. The van der Waals surface area contributed by atoms with Crippen molar-refractivity contribution >= 4 is 0 Å². The molecule has 1 saturated carbocycles. The summed E-state index contributed by atoms with van der Waals surface area (Å²) in [5.74, 6) is 1.38. The summed E-state index contributed by atoms with van der Waals surface area (Å²) in [7, 11) is 0. The second-order valence-electron chi connectivity index (χ2n) is 6.06. The SMILES string of the molecule is Cc1cccc(CC2(N)CCCC(C)C2C)c1. The third kappa shape index (κ3) is 2.71. The number of aryl methyl sites for hydroxylation is 1. The fraction of sp³-hybridized carbons (Fsp3) is 0.625. The first-order valence-electron chi connectivity index (χ1n) is 6.86. The van der Waals surface area contributed by atoms with Crippen molar-refractivity contribution in [3.63, 3.8) is 0 Å². The zero-order chi connectivity index (χ0) is 12.5. The molecule has 94 valence electrons. The van der Waals surface area contributed by atoms with Crippen molar-refractivity contribution in [1.82, 2.24) is 0 Å². The highest BCUT2D eigenvalue weighted by Crippen LogP contribution is 2.38. The molecule has 2 N–H and O–H groups in total. The Bertz CT molecular complexity index is 385. The van der Waals surface area contributed by atoms with Crippen LogP contribution in [0.3, 0.4) is 0 Å². The molecule has 0 amide bonds. The van der Waals surface area contributed by atoms with Crippen LogP contribution in [0.4, 0.5) is 0 Å². The number of nitrogens with two attached hydrogens (primary N) is 1. The molecule has 1 fully saturated rings. The third-order valence-electron chi connectivity index (χ3n) is 4.68. The highest BCUT2D eigenvalue weighted by molar-refractivity contribution is 5.24. The molecule has 3 atom stereocenters. The van der Waals surface area contributed by atoms with Gasteiger partial charge in [-0.1, -0.05) is 56.5 Å². The van der Waals surface area contributed by atoms with E-state index < -0.39 is 0 Å². The third-order valence-corrected chi connectivity index (χ3v) is 4.68. The molecule has 1 aliphatic rings. The minimum Gasteiger partial charge on any atom is -0.325 e. The second-order valence-corrected chi connectivity index (χ2v) is 6.06. The van der Waals surface area contributed by atoms with E-state index in [9.17, 15) is 0 Å². The van der Waals surface area contributed by atoms with Crippen LogP contribution < -0.4 is 5.73 Å². The molecule has 0 bridgehead atoms. The van der Waals surface area contributed by atoms with E-state index in [0.717, 1.165) is 12.3 Å². The number of hydrogen-bond donors (Lipinski definition) is 1. The van der Waals surface area contributed by atoms with Crippen molar-refractivity contribution in [3.8, 4) is 0 Å². The molecule has 0 saturated heterocycles. The maximum absolute atomic E-state index is 6.68. The van der Waals surface area contributed by atoms with Gasteiger partial charge in [0.2, 0.25) is 0 Å². The van der Waals surface area contributed by atoms with Crippen molar-refractivity contribution < 1.29 is 0 Å². The first-order chi connectivity index (χ1) is 8.01. The van der Waals surface area contributed by atoms with Crippen LogP contribution in [0.25, 0.3) is 0 Å². The number of benzene rings is 1. The van der Waals surface area contributed by atoms with Crippen molar-refractivity contribution in [2.75, 3.05) is 0 Å². The van der Waals surface area contributed by atoms with Gasteiger partial charge in [0.1, 0.15) is 0 Å². The minimum absolute atomic E-state index is 0.00542. The number of hydrogen-bond acceptors (Lipinski definition) is 1. The van der Waals surface area contributed by atoms with Crippen molar-refractivity contribution in [2.24, 2.45) is 17.6 Å². The van der Waals surface area contributed by atoms with Gasteiger partial charge in [0.15, 0.2) is 0 Å². The van der Waals surface area contributed by atoms with Crippen LogP contribution in [-0.2, 0) is 6.42 Å². The van der Waals surface area contributed by atoms with Crippen LogP contribution in [-0.4, -0.2) is 5.54 Å². The second kappa shape index (κ2) is 4.81. The first-order valence-corrected chi connectivity index (χ1v) is 6.86. The maximum atomic E-state index is 6.68. The summed E-state index contributed by atoms with van der Waals surface area (Å²) in [6, 6.07) is 8.79. The molecule has 0 aromatic heterocycles. The summed E-state index contributed by atoms with van der Waals surface area (Å²) < 4.78 is 0. The summed E-state index contributed by atoms with van der Waals surface area (Å²) >= 11 is 0. The van der Waals surface area contributed by atoms with Gasteiger partial charge < -0.3 is 5.73 Å². The predicted molar refractivity (Wildman–Crippen MR) is 74.0 cm³/mol. The van der Waals surface area contributed by atoms with E-state index in [4.69, 9.17) is 5.73 Å². The van der Waals surface area contributed by atoms with E-state index >= 15 is 0 Å². The first kappa shape index (κ1) is 12.6. The standard InChI is InChI=1S/C16H25N/c1-12-6-4-8-15(10-12)11-16(17)9-5-7-13(2)14(16)3/h4,6,8,10,13-14H,5,7,9,11,17H2,1-3H3. The predicted octanol–water partition coefficient (Wildman–Crippen LogP) is 3.69. The summed E-state index contributed by atoms with van der Waals surface area (Å²) in [6.45, 7) is 6.83. The largest absolute Gasteiger partial charge is 0.325 e. The van der Waals surface area contributed by atoms with Crippen LogP contribution in [0.15, 0.2) is 24.3 Å². The van der Waals surface area contributed by atoms with E-state index in [0.29, 0.717) is 5.92 Å². The molecule has 0 spiro atoms. The van der Waals surface area contributed by atoms with Gasteiger partial charge in [0.05, 0.1) is 0 Å². The highest BCUT2D eigenvalue weighted by atomic mass is 14.8.